The average Bonchev–Trinajstić information content (AvgIpc) is 3.11. The van der Waals surface area contributed by atoms with E-state index in [1.54, 1.807) is 35.2 Å². The molecule has 3 rings (SSSR count). The Labute approximate surface area is 153 Å². The van der Waals surface area contributed by atoms with Crippen molar-refractivity contribution in [1.82, 2.24) is 10.2 Å². The van der Waals surface area contributed by atoms with E-state index in [-0.39, 0.29) is 5.69 Å². The minimum absolute atomic E-state index is 0.0650. The van der Waals surface area contributed by atoms with Gasteiger partial charge in [-0.15, -0.1) is 10.2 Å². The third-order valence-electron chi connectivity index (χ3n) is 3.51. The third kappa shape index (κ3) is 5.28. The molecular formula is C15H18N4O4S2. The van der Waals surface area contributed by atoms with Crippen molar-refractivity contribution in [2.75, 3.05) is 43.6 Å². The van der Waals surface area contributed by atoms with E-state index in [0.717, 1.165) is 47.9 Å². The highest BCUT2D eigenvalue weighted by Gasteiger charge is 2.15. The van der Waals surface area contributed by atoms with Gasteiger partial charge in [0.2, 0.25) is 5.13 Å². The second-order valence-corrected chi connectivity index (χ2v) is 7.55. The molecule has 0 amide bonds. The number of rotatable bonds is 8. The molecule has 10 heteroatoms. The summed E-state index contributed by atoms with van der Waals surface area (Å²) in [5, 5.41) is 20.0. The van der Waals surface area contributed by atoms with Crippen LogP contribution in [0.1, 0.15) is 6.42 Å². The molecule has 25 heavy (non-hydrogen) atoms. The summed E-state index contributed by atoms with van der Waals surface area (Å²) in [4.78, 5) is 12.4. The zero-order valence-corrected chi connectivity index (χ0v) is 15.1. The Hall–Kier alpha value is -1.91. The number of hydrogen-bond donors (Lipinski definition) is 0. The lowest BCUT2D eigenvalue weighted by Crippen LogP contribution is -2.36. The molecule has 0 aliphatic carbocycles. The van der Waals surface area contributed by atoms with Gasteiger partial charge < -0.3 is 14.4 Å². The maximum atomic E-state index is 10.6. The molecule has 2 heterocycles. The zero-order valence-electron chi connectivity index (χ0n) is 13.5. The smallest absolute Gasteiger partial charge is 0.269 e. The molecule has 1 aliphatic heterocycles. The molecule has 0 saturated carbocycles. The predicted octanol–water partition coefficient (Wildman–Crippen LogP) is 2.84. The lowest BCUT2D eigenvalue weighted by molar-refractivity contribution is -0.384. The molecule has 1 aromatic carbocycles. The number of morpholine rings is 1. The summed E-state index contributed by atoms with van der Waals surface area (Å²) >= 11 is 3.27. The molecule has 1 aromatic heterocycles. The number of anilines is 1. The van der Waals surface area contributed by atoms with Crippen LogP contribution in [0.25, 0.3) is 0 Å². The molecule has 0 unspecified atom stereocenters. The Kier molecular flexibility index (Phi) is 6.42. The number of hydrogen-bond acceptors (Lipinski definition) is 9. The number of nitro benzene ring substituents is 1. The number of aromatic nitrogens is 2. The summed E-state index contributed by atoms with van der Waals surface area (Å²) in [5.74, 6) is 1.52. The van der Waals surface area contributed by atoms with Crippen LogP contribution in [0.4, 0.5) is 10.8 Å². The van der Waals surface area contributed by atoms with Crippen LogP contribution in [0.3, 0.4) is 0 Å². The Balaban J connectivity index is 1.35. The topological polar surface area (TPSA) is 90.6 Å². The van der Waals surface area contributed by atoms with Crippen molar-refractivity contribution >= 4 is 33.9 Å². The Morgan fingerprint density at radius 2 is 2.04 bits per heavy atom. The summed E-state index contributed by atoms with van der Waals surface area (Å²) in [6.07, 6.45) is 0.855. The van der Waals surface area contributed by atoms with Gasteiger partial charge in [0, 0.05) is 31.0 Å². The summed E-state index contributed by atoms with van der Waals surface area (Å²) < 4.78 is 11.9. The van der Waals surface area contributed by atoms with Crippen molar-refractivity contribution < 1.29 is 14.4 Å². The lowest BCUT2D eigenvalue weighted by Gasteiger charge is -2.25. The Morgan fingerprint density at radius 3 is 2.76 bits per heavy atom. The molecular weight excluding hydrogens is 364 g/mol. The van der Waals surface area contributed by atoms with E-state index in [4.69, 9.17) is 9.47 Å². The van der Waals surface area contributed by atoms with Crippen LogP contribution in [-0.4, -0.2) is 53.8 Å². The monoisotopic (exact) mass is 382 g/mol. The van der Waals surface area contributed by atoms with Crippen LogP contribution < -0.4 is 9.64 Å². The lowest BCUT2D eigenvalue weighted by atomic mass is 10.3. The van der Waals surface area contributed by atoms with Crippen molar-refractivity contribution in [2.24, 2.45) is 0 Å². The van der Waals surface area contributed by atoms with Crippen molar-refractivity contribution in [3.63, 3.8) is 0 Å². The number of non-ortho nitro benzene ring substituents is 1. The van der Waals surface area contributed by atoms with E-state index < -0.39 is 4.92 Å². The number of nitrogens with zero attached hydrogens (tertiary/aromatic N) is 4. The Morgan fingerprint density at radius 1 is 1.28 bits per heavy atom. The molecule has 0 N–H and O–H groups in total. The van der Waals surface area contributed by atoms with Gasteiger partial charge in [0.05, 0.1) is 24.7 Å². The molecule has 1 fully saturated rings. The molecule has 0 atom stereocenters. The number of thioether (sulfide) groups is 1. The van der Waals surface area contributed by atoms with E-state index in [1.807, 2.05) is 0 Å². The maximum Gasteiger partial charge on any atom is 0.269 e. The van der Waals surface area contributed by atoms with Crippen LogP contribution in [0.5, 0.6) is 5.75 Å². The SMILES string of the molecule is O=[N+]([O-])c1ccc(OCCCSc2nnc(N3CCOCC3)s2)cc1. The van der Waals surface area contributed by atoms with Gasteiger partial charge in [0.1, 0.15) is 5.75 Å². The minimum Gasteiger partial charge on any atom is -0.494 e. The first-order chi connectivity index (χ1) is 12.2. The van der Waals surface area contributed by atoms with E-state index in [9.17, 15) is 10.1 Å². The van der Waals surface area contributed by atoms with Crippen molar-refractivity contribution in [3.8, 4) is 5.75 Å². The number of ether oxygens (including phenoxy) is 2. The summed E-state index contributed by atoms with van der Waals surface area (Å²) in [7, 11) is 0. The first kappa shape index (κ1) is 17.9. The second-order valence-electron chi connectivity index (χ2n) is 5.25. The van der Waals surface area contributed by atoms with E-state index in [0.29, 0.717) is 12.4 Å². The third-order valence-corrected chi connectivity index (χ3v) is 5.71. The van der Waals surface area contributed by atoms with Crippen LogP contribution in [-0.2, 0) is 4.74 Å². The van der Waals surface area contributed by atoms with Crippen molar-refractivity contribution in [1.29, 1.82) is 0 Å². The van der Waals surface area contributed by atoms with Gasteiger partial charge in [-0.05, 0) is 18.6 Å². The normalized spacial score (nSPS) is 14.5. The molecule has 8 nitrogen and oxygen atoms in total. The molecule has 1 aliphatic rings. The number of benzene rings is 1. The van der Waals surface area contributed by atoms with Gasteiger partial charge in [-0.3, -0.25) is 10.1 Å². The molecule has 0 radical (unpaired) electrons. The minimum atomic E-state index is -0.423. The highest BCUT2D eigenvalue weighted by atomic mass is 32.2. The maximum absolute atomic E-state index is 10.6. The highest BCUT2D eigenvalue weighted by Crippen LogP contribution is 2.28. The van der Waals surface area contributed by atoms with Crippen LogP contribution in [0.2, 0.25) is 0 Å². The highest BCUT2D eigenvalue weighted by molar-refractivity contribution is 8.01. The molecule has 1 saturated heterocycles. The summed E-state index contributed by atoms with van der Waals surface area (Å²) in [5.41, 5.74) is 0.0650. The van der Waals surface area contributed by atoms with E-state index in [1.165, 1.54) is 12.1 Å². The van der Waals surface area contributed by atoms with Gasteiger partial charge in [-0.25, -0.2) is 0 Å². The van der Waals surface area contributed by atoms with Crippen molar-refractivity contribution in [2.45, 2.75) is 10.8 Å². The fourth-order valence-corrected chi connectivity index (χ4v) is 4.09. The van der Waals surface area contributed by atoms with Gasteiger partial charge in [0.15, 0.2) is 4.34 Å². The molecule has 0 bridgehead atoms. The van der Waals surface area contributed by atoms with Gasteiger partial charge >= 0.3 is 0 Å². The van der Waals surface area contributed by atoms with Gasteiger partial charge in [-0.2, -0.15) is 0 Å². The van der Waals surface area contributed by atoms with E-state index >= 15 is 0 Å². The standard InChI is InChI=1S/C15H18N4O4S2/c20-19(21)12-2-4-13(5-3-12)23-8-1-11-24-15-17-16-14(25-15)18-6-9-22-10-7-18/h2-5H,1,6-11H2. The van der Waals surface area contributed by atoms with E-state index in [2.05, 4.69) is 15.1 Å². The fraction of sp³-hybridized carbons (Fsp3) is 0.467. The van der Waals surface area contributed by atoms with Gasteiger partial charge in [0.25, 0.3) is 5.69 Å². The second kappa shape index (κ2) is 8.97. The number of nitro groups is 1. The Bertz CT molecular complexity index is 689. The average molecular weight is 382 g/mol. The molecule has 2 aromatic rings. The summed E-state index contributed by atoms with van der Waals surface area (Å²) in [6, 6.07) is 6.12. The first-order valence-electron chi connectivity index (χ1n) is 7.88. The van der Waals surface area contributed by atoms with Crippen LogP contribution in [0, 0.1) is 10.1 Å². The summed E-state index contributed by atoms with van der Waals surface area (Å²) in [6.45, 7) is 3.76. The largest absolute Gasteiger partial charge is 0.494 e. The van der Waals surface area contributed by atoms with Crippen LogP contribution in [0.15, 0.2) is 28.6 Å². The zero-order chi connectivity index (χ0) is 17.5. The first-order valence-corrected chi connectivity index (χ1v) is 9.69. The van der Waals surface area contributed by atoms with Crippen LogP contribution >= 0.6 is 23.1 Å². The van der Waals surface area contributed by atoms with Gasteiger partial charge in [-0.1, -0.05) is 23.1 Å². The molecule has 134 valence electrons. The molecule has 0 spiro atoms. The quantitative estimate of drug-likeness (QED) is 0.298. The fourth-order valence-electron chi connectivity index (χ4n) is 2.22. The van der Waals surface area contributed by atoms with Crippen molar-refractivity contribution in [3.05, 3.63) is 34.4 Å². The predicted molar refractivity (Wildman–Crippen MR) is 96.9 cm³/mol.